The molecule has 2 aliphatic heterocycles. The van der Waals surface area contributed by atoms with Gasteiger partial charge in [-0.15, -0.1) is 0 Å². The average Bonchev–Trinajstić information content (AvgIpc) is 2.97. The van der Waals surface area contributed by atoms with Crippen molar-refractivity contribution in [2.45, 2.75) is 11.3 Å². The van der Waals surface area contributed by atoms with E-state index >= 15 is 0 Å². The molecule has 0 spiro atoms. The molecule has 2 fully saturated rings. The van der Waals surface area contributed by atoms with E-state index in [1.54, 1.807) is 11.0 Å². The first-order valence-corrected chi connectivity index (χ1v) is 10.3. The Bertz CT molecular complexity index is 873. The van der Waals surface area contributed by atoms with Gasteiger partial charge in [0, 0.05) is 10.9 Å². The number of sulfone groups is 1. The minimum absolute atomic E-state index is 0.0530. The summed E-state index contributed by atoms with van der Waals surface area (Å²) in [4.78, 5) is 27.7. The number of ether oxygens (including phenoxy) is 1. The second kappa shape index (κ2) is 7.33. The van der Waals surface area contributed by atoms with Crippen LogP contribution in [0.2, 0.25) is 0 Å². The van der Waals surface area contributed by atoms with Crippen LogP contribution in [0.4, 0.5) is 10.1 Å². The maximum atomic E-state index is 13.6. The molecule has 26 heavy (non-hydrogen) atoms. The molecule has 1 aromatic carbocycles. The molecule has 1 aromatic rings. The maximum Gasteiger partial charge on any atom is 0.274 e. The quantitative estimate of drug-likeness (QED) is 0.629. The van der Waals surface area contributed by atoms with Crippen molar-refractivity contribution in [2.75, 3.05) is 29.6 Å². The van der Waals surface area contributed by atoms with Crippen LogP contribution in [-0.2, 0) is 24.2 Å². The van der Waals surface area contributed by atoms with Crippen LogP contribution in [0.5, 0.6) is 0 Å². The number of halogens is 1. The van der Waals surface area contributed by atoms with Crippen molar-refractivity contribution in [3.63, 3.8) is 0 Å². The molecule has 0 bridgehead atoms. The smallest absolute Gasteiger partial charge is 0.274 e. The van der Waals surface area contributed by atoms with Gasteiger partial charge >= 0.3 is 0 Å². The third-order valence-electron chi connectivity index (χ3n) is 3.82. The third kappa shape index (κ3) is 4.22. The maximum absolute atomic E-state index is 13.6. The van der Waals surface area contributed by atoms with E-state index in [1.807, 2.05) is 0 Å². The highest BCUT2D eigenvalue weighted by Crippen LogP contribution is 2.41. The SMILES string of the molecule is O=C([O-])COCC(=O)N=C1S[C@H]2CS(=O)(=O)C[C@@H]2N1c1cccc(F)c1. The summed E-state index contributed by atoms with van der Waals surface area (Å²) in [7, 11) is -3.23. The number of hydrogen-bond donors (Lipinski definition) is 0. The molecule has 2 aliphatic rings. The number of thioether (sulfide) groups is 1. The van der Waals surface area contributed by atoms with Crippen molar-refractivity contribution in [1.82, 2.24) is 0 Å². The molecule has 0 aromatic heterocycles. The van der Waals surface area contributed by atoms with E-state index in [0.717, 1.165) is 11.8 Å². The van der Waals surface area contributed by atoms with E-state index in [9.17, 15) is 27.5 Å². The van der Waals surface area contributed by atoms with E-state index < -0.39 is 46.8 Å². The molecule has 2 atom stereocenters. The molecule has 0 unspecified atom stereocenters. The van der Waals surface area contributed by atoms with E-state index in [-0.39, 0.29) is 21.9 Å². The summed E-state index contributed by atoms with van der Waals surface area (Å²) in [5.41, 5.74) is 0.393. The number of aliphatic imine (C=N–C) groups is 1. The molecular formula is C15H14FN2O6S2-. The fourth-order valence-electron chi connectivity index (χ4n) is 2.85. The first-order chi connectivity index (χ1) is 12.2. The molecule has 0 saturated carbocycles. The molecule has 2 saturated heterocycles. The molecule has 3 rings (SSSR count). The third-order valence-corrected chi connectivity index (χ3v) is 7.03. The molecular weight excluding hydrogens is 387 g/mol. The number of hydrogen-bond acceptors (Lipinski definition) is 7. The fourth-order valence-corrected chi connectivity index (χ4v) is 6.78. The van der Waals surface area contributed by atoms with Gasteiger partial charge in [-0.1, -0.05) is 17.8 Å². The first-order valence-electron chi connectivity index (χ1n) is 7.56. The number of carbonyl (C=O) groups is 2. The van der Waals surface area contributed by atoms with Gasteiger partial charge in [0.1, 0.15) is 12.4 Å². The molecule has 8 nitrogen and oxygen atoms in total. The highest BCUT2D eigenvalue weighted by atomic mass is 32.2. The zero-order valence-electron chi connectivity index (χ0n) is 13.3. The Morgan fingerprint density at radius 3 is 2.81 bits per heavy atom. The normalized spacial score (nSPS) is 25.4. The zero-order chi connectivity index (χ0) is 18.9. The Labute approximate surface area is 153 Å². The Balaban J connectivity index is 1.85. The molecule has 140 valence electrons. The van der Waals surface area contributed by atoms with Gasteiger partial charge in [-0.2, -0.15) is 4.99 Å². The topological polar surface area (TPSA) is 116 Å². The van der Waals surface area contributed by atoms with Gasteiger partial charge in [-0.25, -0.2) is 12.8 Å². The summed E-state index contributed by atoms with van der Waals surface area (Å²) in [5, 5.41) is 10.2. The number of rotatable bonds is 5. The van der Waals surface area contributed by atoms with E-state index in [0.29, 0.717) is 5.69 Å². The molecule has 0 aliphatic carbocycles. The molecule has 11 heteroatoms. The molecule has 2 heterocycles. The van der Waals surface area contributed by atoms with Crippen molar-refractivity contribution in [3.8, 4) is 0 Å². The van der Waals surface area contributed by atoms with Gasteiger partial charge in [-0.05, 0) is 18.2 Å². The van der Waals surface area contributed by atoms with Crippen molar-refractivity contribution in [3.05, 3.63) is 30.1 Å². The van der Waals surface area contributed by atoms with Gasteiger partial charge in [0.2, 0.25) is 0 Å². The van der Waals surface area contributed by atoms with Crippen molar-refractivity contribution in [2.24, 2.45) is 4.99 Å². The van der Waals surface area contributed by atoms with Crippen LogP contribution in [-0.4, -0.2) is 61.5 Å². The van der Waals surface area contributed by atoms with Crippen molar-refractivity contribution >= 4 is 44.3 Å². The number of carboxylic acid groups (broad SMARTS) is 1. The van der Waals surface area contributed by atoms with Crippen molar-refractivity contribution in [1.29, 1.82) is 0 Å². The second-order valence-electron chi connectivity index (χ2n) is 5.80. The summed E-state index contributed by atoms with van der Waals surface area (Å²) >= 11 is 1.13. The van der Waals surface area contributed by atoms with E-state index in [1.165, 1.54) is 18.2 Å². The second-order valence-corrected chi connectivity index (χ2v) is 9.16. The first kappa shape index (κ1) is 18.8. The van der Waals surface area contributed by atoms with Gasteiger partial charge in [0.05, 0.1) is 30.1 Å². The lowest BCUT2D eigenvalue weighted by molar-refractivity contribution is -0.309. The van der Waals surface area contributed by atoms with Gasteiger partial charge < -0.3 is 19.5 Å². The minimum Gasteiger partial charge on any atom is -0.548 e. The summed E-state index contributed by atoms with van der Waals surface area (Å²) in [5.74, 6) is -2.85. The Morgan fingerprint density at radius 1 is 1.35 bits per heavy atom. The predicted octanol–water partition coefficient (Wildman–Crippen LogP) is -0.806. The Kier molecular flexibility index (Phi) is 5.30. The van der Waals surface area contributed by atoms with E-state index in [2.05, 4.69) is 9.73 Å². The van der Waals surface area contributed by atoms with Crippen LogP contribution < -0.4 is 10.0 Å². The average molecular weight is 401 g/mol. The molecule has 0 N–H and O–H groups in total. The van der Waals surface area contributed by atoms with Gasteiger partial charge in [0.25, 0.3) is 5.91 Å². The summed E-state index contributed by atoms with van der Waals surface area (Å²) < 4.78 is 42.1. The van der Waals surface area contributed by atoms with Gasteiger partial charge in [-0.3, -0.25) is 4.79 Å². The predicted molar refractivity (Wildman–Crippen MR) is 91.0 cm³/mol. The standard InChI is InChI=1S/C15H15FN2O6S2/c16-9-2-1-3-10(4-9)18-11-7-26(22,23)8-12(11)25-15(18)17-13(19)5-24-6-14(20)21/h1-4,11-12H,5-8H2,(H,20,21)/p-1/t11-,12-/m0/s1. The van der Waals surface area contributed by atoms with Crippen molar-refractivity contribution < 1.29 is 32.2 Å². The lowest BCUT2D eigenvalue weighted by Gasteiger charge is -2.24. The number of fused-ring (bicyclic) bond motifs is 1. The lowest BCUT2D eigenvalue weighted by Crippen LogP contribution is -2.38. The lowest BCUT2D eigenvalue weighted by atomic mass is 10.2. The largest absolute Gasteiger partial charge is 0.548 e. The van der Waals surface area contributed by atoms with Crippen LogP contribution in [0.1, 0.15) is 0 Å². The summed E-state index contributed by atoms with van der Waals surface area (Å²) in [6, 6.07) is 5.12. The monoisotopic (exact) mass is 401 g/mol. The van der Waals surface area contributed by atoms with Crippen LogP contribution in [0.3, 0.4) is 0 Å². The van der Waals surface area contributed by atoms with Crippen LogP contribution in [0, 0.1) is 5.82 Å². The molecule has 1 amide bonds. The number of carboxylic acids is 1. The fraction of sp³-hybridized carbons (Fsp3) is 0.400. The zero-order valence-corrected chi connectivity index (χ0v) is 15.0. The number of anilines is 1. The van der Waals surface area contributed by atoms with Crippen LogP contribution >= 0.6 is 11.8 Å². The highest BCUT2D eigenvalue weighted by molar-refractivity contribution is 8.16. The minimum atomic E-state index is -3.23. The summed E-state index contributed by atoms with van der Waals surface area (Å²) in [6.07, 6.45) is 0. The number of nitrogens with zero attached hydrogens (tertiary/aromatic N) is 2. The number of benzene rings is 1. The Hall–Kier alpha value is -1.98. The van der Waals surface area contributed by atoms with Crippen LogP contribution in [0.15, 0.2) is 29.3 Å². The van der Waals surface area contributed by atoms with E-state index in [4.69, 9.17) is 0 Å². The molecule has 0 radical (unpaired) electrons. The highest BCUT2D eigenvalue weighted by Gasteiger charge is 2.49. The van der Waals surface area contributed by atoms with Gasteiger partial charge in [0.15, 0.2) is 15.0 Å². The number of amidine groups is 1. The Morgan fingerprint density at radius 2 is 2.12 bits per heavy atom. The number of amides is 1. The number of aliphatic carboxylic acids is 1. The number of carbonyl (C=O) groups excluding carboxylic acids is 2. The summed E-state index contributed by atoms with van der Waals surface area (Å²) in [6.45, 7) is -1.29. The van der Waals surface area contributed by atoms with Crippen LogP contribution in [0.25, 0.3) is 0 Å².